The molecule has 0 fully saturated rings. The van der Waals surface area contributed by atoms with Gasteiger partial charge in [0.25, 0.3) is 5.91 Å². The quantitative estimate of drug-likeness (QED) is 0.681. The Morgan fingerprint density at radius 3 is 2.83 bits per heavy atom. The molecule has 1 amide bonds. The summed E-state index contributed by atoms with van der Waals surface area (Å²) in [7, 11) is 1.90. The SMILES string of the molecule is Cc1nn(C)c(C)c1-c1cc(C(=O)NCCc2ccc(Br)s2)[nH]n1. The van der Waals surface area contributed by atoms with Crippen molar-refractivity contribution in [1.82, 2.24) is 25.3 Å². The number of carbonyl (C=O) groups is 1. The average Bonchev–Trinajstić information content (AvgIpc) is 3.21. The summed E-state index contributed by atoms with van der Waals surface area (Å²) in [6.45, 7) is 4.52. The fraction of sp³-hybridized carbons (Fsp3) is 0.312. The largest absolute Gasteiger partial charge is 0.350 e. The third-order valence-corrected chi connectivity index (χ3v) is 5.56. The highest BCUT2D eigenvalue weighted by Gasteiger charge is 2.17. The van der Waals surface area contributed by atoms with Crippen LogP contribution in [0.25, 0.3) is 11.3 Å². The first-order chi connectivity index (χ1) is 11.5. The van der Waals surface area contributed by atoms with Gasteiger partial charge in [0.2, 0.25) is 0 Å². The zero-order chi connectivity index (χ0) is 17.3. The lowest BCUT2D eigenvalue weighted by molar-refractivity contribution is 0.0949. The summed E-state index contributed by atoms with van der Waals surface area (Å²) in [5, 5.41) is 14.4. The molecule has 6 nitrogen and oxygen atoms in total. The van der Waals surface area contributed by atoms with E-state index >= 15 is 0 Å². The molecule has 0 saturated carbocycles. The molecule has 3 aromatic rings. The molecule has 2 N–H and O–H groups in total. The molecule has 0 unspecified atom stereocenters. The molecule has 0 aliphatic heterocycles. The fourth-order valence-corrected chi connectivity index (χ4v) is 4.07. The van der Waals surface area contributed by atoms with Gasteiger partial charge in [-0.15, -0.1) is 11.3 Å². The van der Waals surface area contributed by atoms with E-state index in [0.717, 1.165) is 32.9 Å². The van der Waals surface area contributed by atoms with Crippen molar-refractivity contribution >= 4 is 33.2 Å². The van der Waals surface area contributed by atoms with E-state index in [2.05, 4.69) is 42.6 Å². The molecular formula is C16H18BrN5OS. The molecule has 3 heterocycles. The molecule has 0 aliphatic carbocycles. The number of H-pyrrole nitrogens is 1. The highest BCUT2D eigenvalue weighted by Crippen LogP contribution is 2.25. The Morgan fingerprint density at radius 2 is 2.21 bits per heavy atom. The summed E-state index contributed by atoms with van der Waals surface area (Å²) in [5.74, 6) is -0.149. The van der Waals surface area contributed by atoms with Crippen molar-refractivity contribution in [3.05, 3.63) is 43.9 Å². The Hall–Kier alpha value is -1.93. The van der Waals surface area contributed by atoms with E-state index in [1.807, 2.05) is 31.6 Å². The number of nitrogens with zero attached hydrogens (tertiary/aromatic N) is 3. The monoisotopic (exact) mass is 407 g/mol. The molecular weight excluding hydrogens is 390 g/mol. The highest BCUT2D eigenvalue weighted by molar-refractivity contribution is 9.11. The second-order valence-corrected chi connectivity index (χ2v) is 8.10. The van der Waals surface area contributed by atoms with Crippen LogP contribution in [0.4, 0.5) is 0 Å². The third kappa shape index (κ3) is 3.44. The maximum atomic E-state index is 12.3. The van der Waals surface area contributed by atoms with Gasteiger partial charge in [-0.1, -0.05) is 0 Å². The van der Waals surface area contributed by atoms with Gasteiger partial charge in [-0.05, 0) is 54.4 Å². The Morgan fingerprint density at radius 1 is 1.42 bits per heavy atom. The number of rotatable bonds is 5. The van der Waals surface area contributed by atoms with Gasteiger partial charge in [-0.3, -0.25) is 14.6 Å². The first-order valence-corrected chi connectivity index (χ1v) is 9.15. The topological polar surface area (TPSA) is 75.6 Å². The summed E-state index contributed by atoms with van der Waals surface area (Å²) in [5.41, 5.74) is 4.09. The van der Waals surface area contributed by atoms with Crippen molar-refractivity contribution in [3.63, 3.8) is 0 Å². The maximum absolute atomic E-state index is 12.3. The molecule has 0 bridgehead atoms. The summed E-state index contributed by atoms with van der Waals surface area (Å²) in [6, 6.07) is 5.85. The Labute approximate surface area is 152 Å². The number of thiophene rings is 1. The van der Waals surface area contributed by atoms with E-state index in [9.17, 15) is 4.79 Å². The van der Waals surface area contributed by atoms with Gasteiger partial charge >= 0.3 is 0 Å². The molecule has 0 aromatic carbocycles. The standard InChI is InChI=1S/C16H18BrN5OS/c1-9-15(10(2)22(3)21-9)12-8-13(20-19-12)16(23)18-7-6-11-4-5-14(17)24-11/h4-5,8H,6-7H2,1-3H3,(H,18,23)(H,19,20). The smallest absolute Gasteiger partial charge is 0.269 e. The number of nitrogens with one attached hydrogen (secondary N) is 2. The van der Waals surface area contributed by atoms with E-state index in [-0.39, 0.29) is 5.91 Å². The lowest BCUT2D eigenvalue weighted by atomic mass is 10.1. The fourth-order valence-electron chi connectivity index (χ4n) is 2.59. The number of hydrogen-bond acceptors (Lipinski definition) is 4. The van der Waals surface area contributed by atoms with Gasteiger partial charge in [-0.25, -0.2) is 0 Å². The molecule has 3 aromatic heterocycles. The number of aryl methyl sites for hydroxylation is 2. The van der Waals surface area contributed by atoms with E-state index in [4.69, 9.17) is 0 Å². The van der Waals surface area contributed by atoms with Crippen molar-refractivity contribution in [2.75, 3.05) is 6.54 Å². The van der Waals surface area contributed by atoms with E-state index in [0.29, 0.717) is 12.2 Å². The molecule has 126 valence electrons. The summed E-state index contributed by atoms with van der Waals surface area (Å²) in [4.78, 5) is 13.5. The van der Waals surface area contributed by atoms with Gasteiger partial charge in [0.1, 0.15) is 5.69 Å². The average molecular weight is 408 g/mol. The predicted octanol–water partition coefficient (Wildman–Crippen LogP) is 3.22. The molecule has 0 atom stereocenters. The number of halogens is 1. The Balaban J connectivity index is 1.65. The zero-order valence-electron chi connectivity index (χ0n) is 13.7. The van der Waals surface area contributed by atoms with Crippen molar-refractivity contribution in [1.29, 1.82) is 0 Å². The molecule has 24 heavy (non-hydrogen) atoms. The van der Waals surface area contributed by atoms with Gasteiger partial charge < -0.3 is 5.32 Å². The first kappa shape index (κ1) is 16.9. The van der Waals surface area contributed by atoms with E-state index < -0.39 is 0 Å². The molecule has 0 aliphatic rings. The highest BCUT2D eigenvalue weighted by atomic mass is 79.9. The lowest BCUT2D eigenvalue weighted by Crippen LogP contribution is -2.25. The molecule has 0 spiro atoms. The van der Waals surface area contributed by atoms with Crippen LogP contribution in [0.5, 0.6) is 0 Å². The second-order valence-electron chi connectivity index (χ2n) is 5.55. The summed E-state index contributed by atoms with van der Waals surface area (Å²) >= 11 is 5.12. The van der Waals surface area contributed by atoms with Crippen molar-refractivity contribution < 1.29 is 4.79 Å². The Bertz CT molecular complexity index is 879. The van der Waals surface area contributed by atoms with Crippen LogP contribution in [0.15, 0.2) is 22.0 Å². The van der Waals surface area contributed by atoms with Crippen molar-refractivity contribution in [3.8, 4) is 11.3 Å². The Kier molecular flexibility index (Phi) is 4.86. The van der Waals surface area contributed by atoms with Crippen LogP contribution >= 0.6 is 27.3 Å². The normalized spacial score (nSPS) is 11.0. The van der Waals surface area contributed by atoms with Crippen LogP contribution in [0.3, 0.4) is 0 Å². The van der Waals surface area contributed by atoms with Crippen LogP contribution < -0.4 is 5.32 Å². The molecule has 0 saturated heterocycles. The zero-order valence-corrected chi connectivity index (χ0v) is 16.1. The molecule has 8 heteroatoms. The van der Waals surface area contributed by atoms with Crippen LogP contribution in [0.2, 0.25) is 0 Å². The van der Waals surface area contributed by atoms with Gasteiger partial charge in [0.05, 0.1) is 15.2 Å². The van der Waals surface area contributed by atoms with Crippen molar-refractivity contribution in [2.24, 2.45) is 7.05 Å². The number of aromatic nitrogens is 4. The summed E-state index contributed by atoms with van der Waals surface area (Å²) in [6.07, 6.45) is 0.809. The lowest BCUT2D eigenvalue weighted by Gasteiger charge is -2.01. The number of carbonyl (C=O) groups excluding carboxylic acids is 1. The van der Waals surface area contributed by atoms with Crippen LogP contribution in [-0.2, 0) is 13.5 Å². The minimum absolute atomic E-state index is 0.149. The minimum atomic E-state index is -0.149. The van der Waals surface area contributed by atoms with Crippen LogP contribution in [0.1, 0.15) is 26.8 Å². The number of amides is 1. The third-order valence-electron chi connectivity index (χ3n) is 3.87. The van der Waals surface area contributed by atoms with Gasteiger partial charge in [-0.2, -0.15) is 10.2 Å². The molecule has 3 rings (SSSR count). The number of hydrogen-bond donors (Lipinski definition) is 2. The minimum Gasteiger partial charge on any atom is -0.350 e. The van der Waals surface area contributed by atoms with E-state index in [1.165, 1.54) is 4.88 Å². The van der Waals surface area contributed by atoms with E-state index in [1.54, 1.807) is 17.4 Å². The van der Waals surface area contributed by atoms with Crippen molar-refractivity contribution in [2.45, 2.75) is 20.3 Å². The second kappa shape index (κ2) is 6.90. The predicted molar refractivity (Wildman–Crippen MR) is 98.3 cm³/mol. The molecule has 0 radical (unpaired) electrons. The first-order valence-electron chi connectivity index (χ1n) is 7.54. The van der Waals surface area contributed by atoms with Crippen LogP contribution in [0, 0.1) is 13.8 Å². The summed E-state index contributed by atoms with van der Waals surface area (Å²) < 4.78 is 2.92. The maximum Gasteiger partial charge on any atom is 0.269 e. The van der Waals surface area contributed by atoms with Gasteiger partial charge in [0, 0.05) is 29.7 Å². The number of aromatic amines is 1. The van der Waals surface area contributed by atoms with Gasteiger partial charge in [0.15, 0.2) is 0 Å². The van der Waals surface area contributed by atoms with Crippen LogP contribution in [-0.4, -0.2) is 32.4 Å².